The van der Waals surface area contributed by atoms with Gasteiger partial charge < -0.3 is 25.3 Å². The number of hydrogen-bond donors (Lipinski definition) is 3. The van der Waals surface area contributed by atoms with Gasteiger partial charge in [0.25, 0.3) is 0 Å². The number of carbonyl (C=O) groups excluding carboxylic acids is 1. The number of rotatable bonds is 12. The number of anilines is 1. The van der Waals surface area contributed by atoms with Crippen molar-refractivity contribution in [2.75, 3.05) is 44.2 Å². The largest absolute Gasteiger partial charge is 0.455 e. The molecule has 2 aliphatic carbocycles. The van der Waals surface area contributed by atoms with Gasteiger partial charge >= 0.3 is 0 Å². The lowest BCUT2D eigenvalue weighted by Gasteiger charge is -2.58. The summed E-state index contributed by atoms with van der Waals surface area (Å²) >= 11 is 0. The fraction of sp³-hybridized carbons (Fsp3) is 0.452. The average Bonchev–Trinajstić information content (AvgIpc) is 3.86. The summed E-state index contributed by atoms with van der Waals surface area (Å²) < 4.78 is 6.23. The number of aromatic amines is 1. The number of nitrogens with zero attached hydrogens (tertiary/aromatic N) is 4. The molecule has 4 aromatic rings. The van der Waals surface area contributed by atoms with Crippen LogP contribution >= 0.6 is 0 Å². The number of hydrogen-bond acceptors (Lipinski definition) is 8. The van der Waals surface area contributed by atoms with Crippen LogP contribution in [-0.2, 0) is 0 Å². The molecule has 2 aliphatic heterocycles. The first-order chi connectivity index (χ1) is 24.9. The predicted octanol–water partition coefficient (Wildman–Crippen LogP) is 7.68. The van der Waals surface area contributed by atoms with Crippen molar-refractivity contribution in [2.24, 2.45) is 5.41 Å². The number of nitrogens with one attached hydrogen (secondary N) is 3. The fourth-order valence-electron chi connectivity index (χ4n) is 8.75. The molecule has 1 spiro atoms. The molecule has 4 fully saturated rings. The maximum absolute atomic E-state index is 11.9. The molecule has 266 valence electrons. The van der Waals surface area contributed by atoms with Gasteiger partial charge in [-0.05, 0) is 90.8 Å². The number of carbonyl (C=O) groups is 1. The van der Waals surface area contributed by atoms with Gasteiger partial charge in [0.2, 0.25) is 0 Å². The second kappa shape index (κ2) is 14.3. The lowest BCUT2D eigenvalue weighted by Crippen LogP contribution is -2.60. The predicted molar refractivity (Wildman–Crippen MR) is 204 cm³/mol. The van der Waals surface area contributed by atoms with Crippen LogP contribution in [0.3, 0.4) is 0 Å². The molecular weight excluding hydrogens is 635 g/mol. The highest BCUT2D eigenvalue weighted by Gasteiger charge is 2.50. The zero-order chi connectivity index (χ0) is 35.0. The summed E-state index contributed by atoms with van der Waals surface area (Å²) in [7, 11) is 0. The van der Waals surface area contributed by atoms with Gasteiger partial charge in [-0.1, -0.05) is 38.1 Å². The Morgan fingerprint density at radius 2 is 1.90 bits per heavy atom. The van der Waals surface area contributed by atoms with E-state index in [1.165, 1.54) is 55.9 Å². The van der Waals surface area contributed by atoms with E-state index in [-0.39, 0.29) is 0 Å². The summed E-state index contributed by atoms with van der Waals surface area (Å²) in [4.78, 5) is 27.4. The average molecular weight is 686 g/mol. The van der Waals surface area contributed by atoms with Crippen molar-refractivity contribution in [1.82, 2.24) is 25.1 Å². The summed E-state index contributed by atoms with van der Waals surface area (Å²) in [6, 6.07) is 20.5. The van der Waals surface area contributed by atoms with Gasteiger partial charge in [0.15, 0.2) is 6.29 Å². The summed E-state index contributed by atoms with van der Waals surface area (Å²) in [5.74, 6) is 1.66. The zero-order valence-corrected chi connectivity index (χ0v) is 30.0. The van der Waals surface area contributed by atoms with E-state index in [0.717, 1.165) is 67.8 Å². The van der Waals surface area contributed by atoms with Gasteiger partial charge in [-0.3, -0.25) is 14.6 Å². The van der Waals surface area contributed by atoms with Crippen LogP contribution in [0.25, 0.3) is 11.0 Å². The Morgan fingerprint density at radius 3 is 2.67 bits per heavy atom. The first-order valence-corrected chi connectivity index (χ1v) is 18.9. The van der Waals surface area contributed by atoms with Gasteiger partial charge in [-0.2, -0.15) is 0 Å². The minimum Gasteiger partial charge on any atom is -0.455 e. The van der Waals surface area contributed by atoms with E-state index in [0.29, 0.717) is 46.5 Å². The lowest BCUT2D eigenvalue weighted by atomic mass is 9.59. The quantitative estimate of drug-likeness (QED) is 0.104. The van der Waals surface area contributed by atoms with E-state index in [4.69, 9.17) is 10.1 Å². The van der Waals surface area contributed by atoms with Gasteiger partial charge in [0.05, 0.1) is 11.8 Å². The van der Waals surface area contributed by atoms with Crippen LogP contribution in [0.15, 0.2) is 78.8 Å². The molecule has 9 heteroatoms. The third-order valence-electron chi connectivity index (χ3n) is 11.9. The van der Waals surface area contributed by atoms with E-state index in [9.17, 15) is 4.79 Å². The summed E-state index contributed by atoms with van der Waals surface area (Å²) in [5.41, 5.74) is 6.85. The Labute approximate surface area is 301 Å². The number of piperazine rings is 1. The molecule has 2 saturated carbocycles. The topological polar surface area (TPSA) is 101 Å². The number of piperidine rings is 1. The molecule has 0 bridgehead atoms. The van der Waals surface area contributed by atoms with Crippen LogP contribution in [0, 0.1) is 10.8 Å². The highest BCUT2D eigenvalue weighted by molar-refractivity contribution is 5.82. The van der Waals surface area contributed by atoms with E-state index in [2.05, 4.69) is 80.4 Å². The van der Waals surface area contributed by atoms with Gasteiger partial charge in [-0.15, -0.1) is 0 Å². The minimum atomic E-state index is 0.353. The first kappa shape index (κ1) is 33.7. The normalized spacial score (nSPS) is 21.6. The first-order valence-electron chi connectivity index (χ1n) is 18.9. The van der Waals surface area contributed by atoms with Gasteiger partial charge in [0, 0.05) is 93.1 Å². The molecule has 51 heavy (non-hydrogen) atoms. The van der Waals surface area contributed by atoms with E-state index in [1.54, 1.807) is 6.20 Å². The SMILES string of the molecule is CC(C)c1ccccc1C1CN(C/C(C=N)=C/NC2CC2)CCN1C1CC2(CCN(c3ccc(C=O)c(Oc4cnc5[nH]ccc5c4)c3)CC2)C1. The monoisotopic (exact) mass is 685 g/mol. The van der Waals surface area contributed by atoms with E-state index < -0.39 is 0 Å². The smallest absolute Gasteiger partial charge is 0.153 e. The van der Waals surface area contributed by atoms with Crippen LogP contribution in [-0.4, -0.2) is 83.6 Å². The molecule has 4 heterocycles. The lowest BCUT2D eigenvalue weighted by molar-refractivity contribution is -0.0603. The molecule has 0 amide bonds. The van der Waals surface area contributed by atoms with Gasteiger partial charge in [-0.25, -0.2) is 4.98 Å². The number of benzene rings is 2. The van der Waals surface area contributed by atoms with Crippen LogP contribution in [0.2, 0.25) is 0 Å². The van der Waals surface area contributed by atoms with Crippen molar-refractivity contribution in [3.63, 3.8) is 0 Å². The Hall–Kier alpha value is -4.47. The van der Waals surface area contributed by atoms with Crippen LogP contribution in [0.4, 0.5) is 5.69 Å². The summed E-state index contributed by atoms with van der Waals surface area (Å²) in [6.07, 6.45) is 15.4. The van der Waals surface area contributed by atoms with E-state index >= 15 is 0 Å². The third kappa shape index (κ3) is 7.19. The number of pyridine rings is 1. The highest BCUT2D eigenvalue weighted by atomic mass is 16.5. The highest BCUT2D eigenvalue weighted by Crippen LogP contribution is 2.53. The minimum absolute atomic E-state index is 0.353. The number of H-pyrrole nitrogens is 1. The molecule has 8 rings (SSSR count). The van der Waals surface area contributed by atoms with Crippen molar-refractivity contribution in [3.05, 3.63) is 95.5 Å². The summed E-state index contributed by atoms with van der Waals surface area (Å²) in [5, 5.41) is 12.5. The van der Waals surface area contributed by atoms with Gasteiger partial charge in [0.1, 0.15) is 17.1 Å². The molecular formula is C42H51N7O2. The Balaban J connectivity index is 0.932. The molecule has 1 unspecified atom stereocenters. The Bertz CT molecular complexity index is 1900. The van der Waals surface area contributed by atoms with Crippen LogP contribution in [0.5, 0.6) is 11.5 Å². The molecule has 2 aromatic heterocycles. The molecule has 3 N–H and O–H groups in total. The molecule has 9 nitrogen and oxygen atoms in total. The zero-order valence-electron chi connectivity index (χ0n) is 30.0. The second-order valence-corrected chi connectivity index (χ2v) is 15.7. The number of aromatic nitrogens is 2. The van der Waals surface area contributed by atoms with Crippen LogP contribution < -0.4 is 15.0 Å². The molecule has 4 aliphatic rings. The molecule has 2 aromatic carbocycles. The number of fused-ring (bicyclic) bond motifs is 1. The fourth-order valence-corrected chi connectivity index (χ4v) is 8.75. The maximum Gasteiger partial charge on any atom is 0.153 e. The van der Waals surface area contributed by atoms with Crippen molar-refractivity contribution < 1.29 is 9.53 Å². The van der Waals surface area contributed by atoms with Crippen molar-refractivity contribution in [1.29, 1.82) is 5.41 Å². The number of aldehydes is 1. The second-order valence-electron chi connectivity index (χ2n) is 15.7. The van der Waals surface area contributed by atoms with Crippen molar-refractivity contribution in [2.45, 2.75) is 76.4 Å². The van der Waals surface area contributed by atoms with Crippen molar-refractivity contribution >= 4 is 29.2 Å². The standard InChI is InChI=1S/C42H51N7O2/c1-29(2)37-5-3-4-6-38(37)39-27-47(26-30(23-43)24-45-33-8-9-33)17-18-49(39)35-21-42(22-35)12-15-48(16-13-42)34-10-7-32(28-50)40(20-34)51-36-19-31-11-14-44-41(31)46-25-36/h3-7,10-11,14,19-20,23-25,28-29,33,35,39,43,45H,8-9,12-13,15-18,21-22,26-27H2,1-2H3,(H,44,46)/b30-24+,43-23?. The van der Waals surface area contributed by atoms with E-state index in [1.807, 2.05) is 30.5 Å². The Kier molecular flexibility index (Phi) is 9.42. The molecule has 0 radical (unpaired) electrons. The summed E-state index contributed by atoms with van der Waals surface area (Å²) in [6.45, 7) is 10.5. The Morgan fingerprint density at radius 1 is 1.08 bits per heavy atom. The molecule has 2 saturated heterocycles. The number of ether oxygens (including phenoxy) is 1. The third-order valence-corrected chi connectivity index (χ3v) is 11.9. The van der Waals surface area contributed by atoms with Crippen LogP contribution in [0.1, 0.15) is 85.8 Å². The molecule has 1 atom stereocenters. The van der Waals surface area contributed by atoms with Crippen molar-refractivity contribution in [3.8, 4) is 11.5 Å². The maximum atomic E-state index is 11.9.